The molecular weight excluding hydrogens is 430 g/mol. The number of benzene rings is 2. The van der Waals surface area contributed by atoms with E-state index in [4.69, 9.17) is 9.47 Å². The molecule has 2 aromatic carbocycles. The van der Waals surface area contributed by atoms with E-state index in [0.29, 0.717) is 24.5 Å². The van der Waals surface area contributed by atoms with Gasteiger partial charge in [-0.2, -0.15) is 0 Å². The van der Waals surface area contributed by atoms with Crippen molar-refractivity contribution in [2.75, 3.05) is 20.2 Å². The number of hydrogen-bond donors (Lipinski definition) is 1. The van der Waals surface area contributed by atoms with Crippen molar-refractivity contribution in [3.8, 4) is 11.5 Å². The minimum absolute atomic E-state index is 0.00347. The van der Waals surface area contributed by atoms with Crippen molar-refractivity contribution in [1.29, 1.82) is 0 Å². The second kappa shape index (κ2) is 8.56. The summed E-state index contributed by atoms with van der Waals surface area (Å²) in [5, 5.41) is 1.08. The van der Waals surface area contributed by atoms with Crippen LogP contribution in [0.1, 0.15) is 36.7 Å². The Balaban J connectivity index is 1.68. The van der Waals surface area contributed by atoms with Crippen molar-refractivity contribution >= 4 is 22.7 Å². The highest BCUT2D eigenvalue weighted by molar-refractivity contribution is 5.97. The Bertz CT molecular complexity index is 1280. The summed E-state index contributed by atoms with van der Waals surface area (Å²) in [4.78, 5) is 33.8. The number of carbonyl (C=O) groups excluding carboxylic acids is 2. The summed E-state index contributed by atoms with van der Waals surface area (Å²) in [6.45, 7) is 8.07. The molecule has 5 rings (SSSR count). The second-order valence-electron chi connectivity index (χ2n) is 9.07. The molecule has 3 aromatic rings. The van der Waals surface area contributed by atoms with Gasteiger partial charge in [0.1, 0.15) is 12.6 Å². The van der Waals surface area contributed by atoms with Crippen LogP contribution in [0.2, 0.25) is 0 Å². The molecule has 1 unspecified atom stereocenters. The summed E-state index contributed by atoms with van der Waals surface area (Å²) in [5.74, 6) is 1.10. The van der Waals surface area contributed by atoms with Gasteiger partial charge in [0.25, 0.3) is 0 Å². The average molecular weight is 460 g/mol. The van der Waals surface area contributed by atoms with Crippen molar-refractivity contribution in [2.45, 2.75) is 38.5 Å². The van der Waals surface area contributed by atoms with Crippen LogP contribution >= 0.6 is 0 Å². The quantitative estimate of drug-likeness (QED) is 0.569. The van der Waals surface area contributed by atoms with Crippen molar-refractivity contribution in [2.24, 2.45) is 0 Å². The smallest absolute Gasteiger partial charge is 0.246 e. The summed E-state index contributed by atoms with van der Waals surface area (Å²) in [6.07, 6.45) is 2.13. The molecular formula is C27H29N3O4. The lowest BCUT2D eigenvalue weighted by Crippen LogP contribution is -2.62. The van der Waals surface area contributed by atoms with Crippen molar-refractivity contribution in [1.82, 2.24) is 14.8 Å². The molecule has 2 aliphatic rings. The molecule has 1 N–H and O–H groups in total. The number of ether oxygens (including phenoxy) is 2. The van der Waals surface area contributed by atoms with E-state index in [0.717, 1.165) is 27.7 Å². The molecule has 2 amide bonds. The molecule has 2 aliphatic heterocycles. The van der Waals surface area contributed by atoms with Crippen LogP contribution in [0.3, 0.4) is 0 Å². The Morgan fingerprint density at radius 3 is 2.71 bits per heavy atom. The van der Waals surface area contributed by atoms with Gasteiger partial charge in [0.15, 0.2) is 11.5 Å². The Morgan fingerprint density at radius 2 is 1.97 bits per heavy atom. The third-order valence-corrected chi connectivity index (χ3v) is 6.56. The molecule has 3 heterocycles. The molecule has 0 bridgehead atoms. The first-order chi connectivity index (χ1) is 16.4. The first kappa shape index (κ1) is 22.1. The van der Waals surface area contributed by atoms with E-state index in [9.17, 15) is 9.59 Å². The standard InChI is InChI=1S/C27H29N3O4/c1-5-12-29-15-24(31)30-21(27(29)32)14-19-18-8-6-7-9-20(18)28-25(19)26(30)17-10-11-22(34-16(2)3)23(13-17)33-4/h5-11,13,16,21,26,28H,1,12,14-15H2,2-4H3/t21-,26?/m0/s1. The van der Waals surface area contributed by atoms with E-state index in [1.807, 2.05) is 50.2 Å². The van der Waals surface area contributed by atoms with Crippen LogP contribution in [0, 0.1) is 0 Å². The summed E-state index contributed by atoms with van der Waals surface area (Å²) in [6, 6.07) is 12.8. The Hall–Kier alpha value is -3.74. The zero-order chi connectivity index (χ0) is 24.0. The number of rotatable bonds is 6. The lowest BCUT2D eigenvalue weighted by molar-refractivity contribution is -0.158. The van der Waals surface area contributed by atoms with Gasteiger partial charge >= 0.3 is 0 Å². The molecule has 1 fully saturated rings. The van der Waals surface area contributed by atoms with Crippen LogP contribution in [-0.2, 0) is 16.0 Å². The molecule has 1 aromatic heterocycles. The van der Waals surface area contributed by atoms with Crippen molar-refractivity contribution in [3.63, 3.8) is 0 Å². The summed E-state index contributed by atoms with van der Waals surface area (Å²) >= 11 is 0. The van der Waals surface area contributed by atoms with Gasteiger partial charge in [-0.15, -0.1) is 6.58 Å². The fraction of sp³-hybridized carbons (Fsp3) is 0.333. The monoisotopic (exact) mass is 459 g/mol. The maximum absolute atomic E-state index is 13.5. The van der Waals surface area contributed by atoms with Gasteiger partial charge in [0, 0.05) is 29.6 Å². The van der Waals surface area contributed by atoms with Crippen LogP contribution in [-0.4, -0.2) is 58.9 Å². The van der Waals surface area contributed by atoms with E-state index in [2.05, 4.69) is 17.6 Å². The number of hydrogen-bond acceptors (Lipinski definition) is 4. The van der Waals surface area contributed by atoms with Gasteiger partial charge in [0.05, 0.1) is 19.3 Å². The highest BCUT2D eigenvalue weighted by Crippen LogP contribution is 2.44. The van der Waals surface area contributed by atoms with Gasteiger partial charge in [-0.1, -0.05) is 30.3 Å². The van der Waals surface area contributed by atoms with Gasteiger partial charge < -0.3 is 24.3 Å². The van der Waals surface area contributed by atoms with E-state index < -0.39 is 12.1 Å². The highest BCUT2D eigenvalue weighted by atomic mass is 16.5. The van der Waals surface area contributed by atoms with E-state index in [1.165, 1.54) is 0 Å². The Morgan fingerprint density at radius 1 is 1.18 bits per heavy atom. The van der Waals surface area contributed by atoms with E-state index >= 15 is 0 Å². The predicted molar refractivity (Wildman–Crippen MR) is 130 cm³/mol. The fourth-order valence-corrected chi connectivity index (χ4v) is 5.19. The molecule has 34 heavy (non-hydrogen) atoms. The fourth-order valence-electron chi connectivity index (χ4n) is 5.19. The number of aromatic nitrogens is 1. The summed E-state index contributed by atoms with van der Waals surface area (Å²) < 4.78 is 11.5. The maximum atomic E-state index is 13.5. The first-order valence-electron chi connectivity index (χ1n) is 11.6. The number of carbonyl (C=O) groups is 2. The van der Waals surface area contributed by atoms with Crippen LogP contribution in [0.25, 0.3) is 10.9 Å². The topological polar surface area (TPSA) is 74.9 Å². The molecule has 0 saturated carbocycles. The molecule has 7 nitrogen and oxygen atoms in total. The summed E-state index contributed by atoms with van der Waals surface area (Å²) in [7, 11) is 1.60. The number of H-pyrrole nitrogens is 1. The molecule has 7 heteroatoms. The molecule has 1 saturated heterocycles. The lowest BCUT2D eigenvalue weighted by atomic mass is 9.86. The summed E-state index contributed by atoms with van der Waals surface area (Å²) in [5.41, 5.74) is 3.87. The van der Waals surface area contributed by atoms with E-state index in [-0.39, 0.29) is 24.5 Å². The minimum atomic E-state index is -0.574. The molecule has 0 aliphatic carbocycles. The average Bonchev–Trinajstić information content (AvgIpc) is 3.19. The van der Waals surface area contributed by atoms with Crippen LogP contribution in [0.5, 0.6) is 11.5 Å². The third-order valence-electron chi connectivity index (χ3n) is 6.56. The zero-order valence-corrected chi connectivity index (χ0v) is 19.7. The number of piperazine rings is 1. The SMILES string of the molecule is C=CCN1CC(=O)N2C(c3ccc(OC(C)C)c(OC)c3)c3[nH]c4ccccc4c3C[C@H]2C1=O. The van der Waals surface area contributed by atoms with Gasteiger partial charge in [-0.25, -0.2) is 0 Å². The Kier molecular flexibility index (Phi) is 5.55. The molecule has 0 radical (unpaired) electrons. The Labute approximate surface area is 198 Å². The first-order valence-corrected chi connectivity index (χ1v) is 11.6. The van der Waals surface area contributed by atoms with Crippen LogP contribution in [0.4, 0.5) is 0 Å². The van der Waals surface area contributed by atoms with Gasteiger partial charge in [-0.3, -0.25) is 9.59 Å². The van der Waals surface area contributed by atoms with Crippen LogP contribution in [0.15, 0.2) is 55.1 Å². The minimum Gasteiger partial charge on any atom is -0.493 e. The number of fused-ring (bicyclic) bond motifs is 4. The molecule has 176 valence electrons. The maximum Gasteiger partial charge on any atom is 0.246 e. The number of methoxy groups -OCH3 is 1. The van der Waals surface area contributed by atoms with Crippen LogP contribution < -0.4 is 9.47 Å². The molecule has 2 atom stereocenters. The largest absolute Gasteiger partial charge is 0.493 e. The number of aromatic amines is 1. The van der Waals surface area contributed by atoms with Gasteiger partial charge in [0.2, 0.25) is 11.8 Å². The second-order valence-corrected chi connectivity index (χ2v) is 9.07. The molecule has 0 spiro atoms. The van der Waals surface area contributed by atoms with Gasteiger partial charge in [-0.05, 0) is 43.2 Å². The highest BCUT2D eigenvalue weighted by Gasteiger charge is 2.48. The normalized spacial score (nSPS) is 19.9. The zero-order valence-electron chi connectivity index (χ0n) is 19.7. The number of nitrogens with zero attached hydrogens (tertiary/aromatic N) is 2. The van der Waals surface area contributed by atoms with E-state index in [1.54, 1.807) is 23.0 Å². The third kappa shape index (κ3) is 3.52. The number of amides is 2. The van der Waals surface area contributed by atoms with Crippen molar-refractivity contribution < 1.29 is 19.1 Å². The van der Waals surface area contributed by atoms with Crippen molar-refractivity contribution in [3.05, 3.63) is 71.9 Å². The number of para-hydroxylation sites is 1. The lowest BCUT2D eigenvalue weighted by Gasteiger charge is -2.47. The predicted octanol–water partition coefficient (Wildman–Crippen LogP) is 3.83. The number of nitrogens with one attached hydrogen (secondary N) is 1.